The van der Waals surface area contributed by atoms with Crippen LogP contribution in [0.15, 0.2) is 71.5 Å². The second kappa shape index (κ2) is 8.53. The molecule has 0 amide bonds. The Hall–Kier alpha value is -3.95. The van der Waals surface area contributed by atoms with Crippen LogP contribution in [0.3, 0.4) is 0 Å². The van der Waals surface area contributed by atoms with Crippen molar-refractivity contribution < 1.29 is 0 Å². The van der Waals surface area contributed by atoms with Crippen molar-refractivity contribution in [3.63, 3.8) is 0 Å². The van der Waals surface area contributed by atoms with Crippen LogP contribution in [0.1, 0.15) is 24.0 Å². The number of hydrogen-bond acceptors (Lipinski definition) is 5. The second-order valence-corrected chi connectivity index (χ2v) is 8.65. The zero-order chi connectivity index (χ0) is 22.9. The Morgan fingerprint density at radius 1 is 1.03 bits per heavy atom. The fourth-order valence-corrected chi connectivity index (χ4v) is 4.44. The summed E-state index contributed by atoms with van der Waals surface area (Å²) in [6.07, 6.45) is 2.09. The third kappa shape index (κ3) is 3.99. The largest absolute Gasteiger partial charge is 0.370 e. The number of hydrogen-bond donors (Lipinski definition) is 1. The highest BCUT2D eigenvalue weighted by Crippen LogP contribution is 2.26. The van der Waals surface area contributed by atoms with Crippen molar-refractivity contribution in [3.05, 3.63) is 88.2 Å². The molecule has 4 aromatic rings. The van der Waals surface area contributed by atoms with Crippen LogP contribution in [-0.2, 0) is 0 Å². The van der Waals surface area contributed by atoms with Gasteiger partial charge in [0, 0.05) is 30.4 Å². The van der Waals surface area contributed by atoms with Gasteiger partial charge in [0.2, 0.25) is 0 Å². The normalized spacial score (nSPS) is 16.0. The van der Waals surface area contributed by atoms with Crippen molar-refractivity contribution in [3.8, 4) is 23.1 Å². The van der Waals surface area contributed by atoms with Gasteiger partial charge in [-0.25, -0.2) is 4.98 Å². The summed E-state index contributed by atoms with van der Waals surface area (Å²) in [5.74, 6) is 0.549. The third-order valence-electron chi connectivity index (χ3n) is 6.24. The molecule has 1 aliphatic rings. The number of benzene rings is 3. The van der Waals surface area contributed by atoms with Crippen LogP contribution < -0.4 is 16.2 Å². The maximum absolute atomic E-state index is 13.7. The van der Waals surface area contributed by atoms with Gasteiger partial charge in [0.05, 0.1) is 28.2 Å². The number of piperidine rings is 1. The molecule has 1 aromatic heterocycles. The molecule has 6 nitrogen and oxygen atoms in total. The maximum Gasteiger partial charge on any atom is 0.266 e. The van der Waals surface area contributed by atoms with Gasteiger partial charge in [0.1, 0.15) is 5.82 Å². The average molecular weight is 436 g/mol. The Kier molecular flexibility index (Phi) is 5.41. The Bertz CT molecular complexity index is 1410. The first-order valence-corrected chi connectivity index (χ1v) is 11.2. The third-order valence-corrected chi connectivity index (χ3v) is 6.24. The molecule has 2 N–H and O–H groups in total. The van der Waals surface area contributed by atoms with E-state index in [1.54, 1.807) is 16.7 Å². The van der Waals surface area contributed by atoms with Gasteiger partial charge in [0.25, 0.3) is 5.56 Å². The highest BCUT2D eigenvalue weighted by Gasteiger charge is 2.19. The Morgan fingerprint density at radius 3 is 2.45 bits per heavy atom. The fraction of sp³-hybridized carbons (Fsp3) is 0.222. The monoisotopic (exact) mass is 435 g/mol. The van der Waals surface area contributed by atoms with E-state index >= 15 is 0 Å². The summed E-state index contributed by atoms with van der Waals surface area (Å²) >= 11 is 0. The molecule has 164 valence electrons. The summed E-state index contributed by atoms with van der Waals surface area (Å²) in [6, 6.07) is 23.1. The first kappa shape index (κ1) is 20.9. The molecular formula is C27H25N5O. The van der Waals surface area contributed by atoms with E-state index in [4.69, 9.17) is 10.7 Å². The molecule has 1 saturated heterocycles. The lowest BCUT2D eigenvalue weighted by molar-refractivity contribution is 0.506. The van der Waals surface area contributed by atoms with Gasteiger partial charge in [-0.1, -0.05) is 17.7 Å². The molecule has 0 unspecified atom stereocenters. The maximum atomic E-state index is 13.7. The number of nitrogens with zero attached hydrogens (tertiary/aromatic N) is 4. The number of rotatable bonds is 3. The van der Waals surface area contributed by atoms with Crippen molar-refractivity contribution in [1.29, 1.82) is 5.26 Å². The Balaban J connectivity index is 1.72. The zero-order valence-electron chi connectivity index (χ0n) is 18.5. The van der Waals surface area contributed by atoms with Crippen LogP contribution >= 0.6 is 0 Å². The fourth-order valence-electron chi connectivity index (χ4n) is 4.44. The second-order valence-electron chi connectivity index (χ2n) is 8.65. The summed E-state index contributed by atoms with van der Waals surface area (Å²) in [5.41, 5.74) is 11.0. The van der Waals surface area contributed by atoms with E-state index in [-0.39, 0.29) is 11.6 Å². The molecule has 0 bridgehead atoms. The Labute approximate surface area is 192 Å². The van der Waals surface area contributed by atoms with E-state index in [1.165, 1.54) is 0 Å². The molecule has 33 heavy (non-hydrogen) atoms. The number of aromatic nitrogens is 2. The quantitative estimate of drug-likeness (QED) is 0.522. The van der Waals surface area contributed by atoms with Crippen molar-refractivity contribution >= 4 is 16.6 Å². The number of nitriles is 1. The van der Waals surface area contributed by atoms with E-state index in [0.29, 0.717) is 22.3 Å². The van der Waals surface area contributed by atoms with Crippen LogP contribution in [-0.4, -0.2) is 28.7 Å². The van der Waals surface area contributed by atoms with Crippen LogP contribution in [0.25, 0.3) is 28.0 Å². The van der Waals surface area contributed by atoms with Gasteiger partial charge in [-0.2, -0.15) is 5.26 Å². The Morgan fingerprint density at radius 2 is 1.76 bits per heavy atom. The van der Waals surface area contributed by atoms with Gasteiger partial charge >= 0.3 is 0 Å². The van der Waals surface area contributed by atoms with Gasteiger partial charge in [-0.3, -0.25) is 9.36 Å². The molecule has 3 aromatic carbocycles. The molecule has 6 heteroatoms. The number of fused-ring (bicyclic) bond motifs is 1. The molecule has 0 spiro atoms. The molecule has 1 atom stereocenters. The molecule has 1 aliphatic heterocycles. The minimum atomic E-state index is -0.120. The summed E-state index contributed by atoms with van der Waals surface area (Å²) in [4.78, 5) is 20.9. The average Bonchev–Trinajstić information content (AvgIpc) is 2.84. The van der Waals surface area contributed by atoms with E-state index in [2.05, 4.69) is 11.0 Å². The van der Waals surface area contributed by atoms with Crippen LogP contribution in [0.2, 0.25) is 0 Å². The van der Waals surface area contributed by atoms with Crippen molar-refractivity contribution in [2.24, 2.45) is 5.73 Å². The van der Waals surface area contributed by atoms with Crippen LogP contribution in [0.4, 0.5) is 5.69 Å². The first-order valence-electron chi connectivity index (χ1n) is 11.2. The zero-order valence-corrected chi connectivity index (χ0v) is 18.5. The molecule has 0 radical (unpaired) electrons. The molecule has 2 heterocycles. The molecule has 0 aliphatic carbocycles. The lowest BCUT2D eigenvalue weighted by Crippen LogP contribution is -2.42. The highest BCUT2D eigenvalue weighted by molar-refractivity contribution is 5.84. The lowest BCUT2D eigenvalue weighted by Gasteiger charge is -2.32. The summed E-state index contributed by atoms with van der Waals surface area (Å²) < 4.78 is 1.65. The van der Waals surface area contributed by atoms with Gasteiger partial charge < -0.3 is 10.6 Å². The molecule has 5 rings (SSSR count). The number of aryl methyl sites for hydroxylation is 1. The lowest BCUT2D eigenvalue weighted by atomic mass is 10.1. The number of anilines is 1. The predicted octanol–water partition coefficient (Wildman–Crippen LogP) is 4.16. The topological polar surface area (TPSA) is 87.9 Å². The van der Waals surface area contributed by atoms with Gasteiger partial charge in [-0.05, 0) is 74.4 Å². The minimum absolute atomic E-state index is 0.120. The SMILES string of the molecule is Cc1ccc(-n2c(-c3ccc(C#N)cc3)nc3cc(N4CCC[C@H](N)C4)ccc3c2=O)cc1. The van der Waals surface area contributed by atoms with E-state index in [1.807, 2.05) is 61.5 Å². The summed E-state index contributed by atoms with van der Waals surface area (Å²) in [6.45, 7) is 3.76. The summed E-state index contributed by atoms with van der Waals surface area (Å²) in [7, 11) is 0. The highest BCUT2D eigenvalue weighted by atomic mass is 16.1. The molecule has 1 fully saturated rings. The van der Waals surface area contributed by atoms with E-state index < -0.39 is 0 Å². The van der Waals surface area contributed by atoms with E-state index in [0.717, 1.165) is 48.4 Å². The smallest absolute Gasteiger partial charge is 0.266 e. The minimum Gasteiger partial charge on any atom is -0.370 e. The number of nitrogens with two attached hydrogens (primary N) is 1. The van der Waals surface area contributed by atoms with Crippen LogP contribution in [0.5, 0.6) is 0 Å². The first-order chi connectivity index (χ1) is 16.0. The van der Waals surface area contributed by atoms with Crippen molar-refractivity contribution in [2.45, 2.75) is 25.8 Å². The summed E-state index contributed by atoms with van der Waals surface area (Å²) in [5, 5.41) is 9.75. The van der Waals surface area contributed by atoms with Crippen molar-refractivity contribution in [2.75, 3.05) is 18.0 Å². The molecular weight excluding hydrogens is 410 g/mol. The van der Waals surface area contributed by atoms with E-state index in [9.17, 15) is 10.1 Å². The van der Waals surface area contributed by atoms with Crippen LogP contribution in [0, 0.1) is 18.3 Å². The van der Waals surface area contributed by atoms with Crippen molar-refractivity contribution in [1.82, 2.24) is 9.55 Å². The standard InChI is InChI=1S/C27H25N5O/c1-18-4-10-22(11-5-18)32-26(20-8-6-19(16-28)7-9-20)30-25-15-23(12-13-24(25)27(32)33)31-14-2-3-21(29)17-31/h4-13,15,21H,2-3,14,17,29H2,1H3/t21-/m0/s1. The molecule has 0 saturated carbocycles. The van der Waals surface area contributed by atoms with Gasteiger partial charge in [-0.15, -0.1) is 0 Å². The van der Waals surface area contributed by atoms with Gasteiger partial charge in [0.15, 0.2) is 0 Å². The predicted molar refractivity (Wildman–Crippen MR) is 132 cm³/mol.